The van der Waals surface area contributed by atoms with Gasteiger partial charge in [0, 0.05) is 24.7 Å². The van der Waals surface area contributed by atoms with Gasteiger partial charge in [0.25, 0.3) is 0 Å². The smallest absolute Gasteiger partial charge is 0.407 e. The molecule has 5 aromatic rings. The summed E-state index contributed by atoms with van der Waals surface area (Å²) in [5, 5.41) is 7.65. The number of imidazole rings is 2. The van der Waals surface area contributed by atoms with Gasteiger partial charge >= 0.3 is 12.2 Å². The van der Waals surface area contributed by atoms with Gasteiger partial charge in [-0.25, -0.2) is 24.5 Å². The first-order valence-electron chi connectivity index (χ1n) is 23.9. The van der Waals surface area contributed by atoms with Crippen molar-refractivity contribution in [2.45, 2.75) is 90.6 Å². The van der Waals surface area contributed by atoms with E-state index in [0.717, 1.165) is 69.5 Å². The lowest BCUT2D eigenvalue weighted by Gasteiger charge is -2.30. The molecule has 3 fully saturated rings. The third-order valence-electron chi connectivity index (χ3n) is 14.0. The average molecular weight is 936 g/mol. The number of amides is 4. The Hall–Kier alpha value is -7.23. The fraction of sp³-hybridized carbons (Fsp3) is 0.415. The lowest BCUT2D eigenvalue weighted by molar-refractivity contribution is -0.136. The number of ether oxygens (including phenoxy) is 3. The average Bonchev–Trinajstić information content (AvgIpc) is 3.77. The van der Waals surface area contributed by atoms with Gasteiger partial charge in [-0.1, -0.05) is 95.3 Å². The maximum Gasteiger partial charge on any atom is 0.407 e. The SMILES string of the molecule is COC(=O)NC(C(=O)N1CC(OC2=NC=CC(C)C=C2)CC1c1ncc(-c2ccc(-c3ccc4cc(-c5cnc(C6CC7(CC7)CN6C(=O)C(NC(=O)OC)C(C)C)[nH]5)ccc4c3)cc2)[nH]1)C(C)C. The summed E-state index contributed by atoms with van der Waals surface area (Å²) in [4.78, 5) is 77.4. The molecule has 4 N–H and O–H groups in total. The van der Waals surface area contributed by atoms with E-state index < -0.39 is 30.3 Å². The quantitative estimate of drug-likeness (QED) is 0.0945. The number of alkyl carbamates (subject to hydrolysis) is 2. The van der Waals surface area contributed by atoms with Crippen LogP contribution in [0.3, 0.4) is 0 Å². The molecular formula is C53H61N9O7. The number of hydrogen-bond donors (Lipinski definition) is 4. The molecule has 69 heavy (non-hydrogen) atoms. The number of aliphatic imine (C=N–C) groups is 1. The molecule has 9 rings (SSSR count). The predicted octanol–water partition coefficient (Wildman–Crippen LogP) is 8.88. The molecule has 2 saturated heterocycles. The van der Waals surface area contributed by atoms with E-state index in [1.54, 1.807) is 17.3 Å². The molecule has 1 saturated carbocycles. The number of hydrogen-bond acceptors (Lipinski definition) is 10. The van der Waals surface area contributed by atoms with Crippen LogP contribution in [-0.2, 0) is 23.8 Å². The van der Waals surface area contributed by atoms with Gasteiger partial charge in [0.2, 0.25) is 17.7 Å². The molecule has 1 spiro atoms. The van der Waals surface area contributed by atoms with Crippen molar-refractivity contribution in [3.8, 4) is 33.6 Å². The van der Waals surface area contributed by atoms with Crippen molar-refractivity contribution >= 4 is 40.7 Å². The number of methoxy groups -OCH3 is 2. The predicted molar refractivity (Wildman–Crippen MR) is 262 cm³/mol. The van der Waals surface area contributed by atoms with E-state index in [0.29, 0.717) is 24.7 Å². The van der Waals surface area contributed by atoms with Crippen molar-refractivity contribution in [1.82, 2.24) is 40.4 Å². The summed E-state index contributed by atoms with van der Waals surface area (Å²) in [7, 11) is 2.58. The van der Waals surface area contributed by atoms with Crippen LogP contribution in [0, 0.1) is 23.2 Å². The summed E-state index contributed by atoms with van der Waals surface area (Å²) < 4.78 is 16.0. The van der Waals surface area contributed by atoms with Crippen LogP contribution in [0.5, 0.6) is 0 Å². The molecule has 2 aromatic heterocycles. The van der Waals surface area contributed by atoms with E-state index >= 15 is 0 Å². The van der Waals surface area contributed by atoms with Crippen LogP contribution >= 0.6 is 0 Å². The van der Waals surface area contributed by atoms with E-state index in [9.17, 15) is 19.2 Å². The fourth-order valence-corrected chi connectivity index (χ4v) is 9.79. The fourth-order valence-electron chi connectivity index (χ4n) is 9.79. The maximum atomic E-state index is 14.2. The van der Waals surface area contributed by atoms with Crippen LogP contribution in [0.15, 0.2) is 102 Å². The first kappa shape index (κ1) is 46.9. The first-order valence-corrected chi connectivity index (χ1v) is 23.9. The summed E-state index contributed by atoms with van der Waals surface area (Å²) in [5.74, 6) is 1.38. The Balaban J connectivity index is 0.899. The molecule has 3 aromatic carbocycles. The minimum absolute atomic E-state index is 0.107. The summed E-state index contributed by atoms with van der Waals surface area (Å²) >= 11 is 0. The summed E-state index contributed by atoms with van der Waals surface area (Å²) in [6.07, 6.45) is 13.0. The number of carbonyl (C=O) groups is 4. The van der Waals surface area contributed by atoms with Gasteiger partial charge in [-0.3, -0.25) is 9.59 Å². The van der Waals surface area contributed by atoms with Gasteiger partial charge < -0.3 is 44.6 Å². The molecule has 1 aliphatic carbocycles. The highest BCUT2D eigenvalue weighted by atomic mass is 16.5. The Kier molecular flexibility index (Phi) is 13.2. The van der Waals surface area contributed by atoms with Crippen molar-refractivity contribution in [3.63, 3.8) is 0 Å². The van der Waals surface area contributed by atoms with Gasteiger partial charge in [-0.05, 0) is 88.1 Å². The Bertz CT molecular complexity index is 2820. The highest BCUT2D eigenvalue weighted by Gasteiger charge is 2.55. The molecule has 16 heteroatoms. The topological polar surface area (TPSA) is 196 Å². The Morgan fingerprint density at radius 1 is 0.710 bits per heavy atom. The summed E-state index contributed by atoms with van der Waals surface area (Å²) in [6, 6.07) is 18.9. The number of fused-ring (bicyclic) bond motifs is 1. The normalized spacial score (nSPS) is 21.3. The molecule has 4 amide bonds. The third-order valence-corrected chi connectivity index (χ3v) is 14.0. The number of rotatable bonds is 12. The molecule has 5 heterocycles. The minimum atomic E-state index is -0.812. The molecule has 0 bridgehead atoms. The van der Waals surface area contributed by atoms with Crippen LogP contribution in [-0.4, -0.2) is 105 Å². The zero-order valence-electron chi connectivity index (χ0n) is 40.2. The summed E-state index contributed by atoms with van der Waals surface area (Å²) in [6.45, 7) is 10.6. The number of aromatic nitrogens is 4. The van der Waals surface area contributed by atoms with Crippen LogP contribution < -0.4 is 10.6 Å². The van der Waals surface area contributed by atoms with Crippen LogP contribution in [0.25, 0.3) is 44.4 Å². The highest BCUT2D eigenvalue weighted by molar-refractivity contribution is 5.91. The van der Waals surface area contributed by atoms with Crippen molar-refractivity contribution in [2.24, 2.45) is 28.2 Å². The van der Waals surface area contributed by atoms with Gasteiger partial charge in [-0.2, -0.15) is 0 Å². The molecule has 4 aliphatic rings. The second-order valence-electron chi connectivity index (χ2n) is 19.6. The third kappa shape index (κ3) is 10.0. The van der Waals surface area contributed by atoms with Gasteiger partial charge in [0.1, 0.15) is 29.8 Å². The zero-order valence-corrected chi connectivity index (χ0v) is 40.2. The molecule has 16 nitrogen and oxygen atoms in total. The van der Waals surface area contributed by atoms with Crippen molar-refractivity contribution in [2.75, 3.05) is 27.3 Å². The zero-order chi connectivity index (χ0) is 48.6. The molecule has 0 radical (unpaired) electrons. The van der Waals surface area contributed by atoms with E-state index in [2.05, 4.69) is 93.2 Å². The maximum absolute atomic E-state index is 14.2. The number of carbonyl (C=O) groups excluding carboxylic acids is 4. The second kappa shape index (κ2) is 19.4. The number of aromatic amines is 2. The number of nitrogens with one attached hydrogen (secondary N) is 4. The van der Waals surface area contributed by atoms with Crippen molar-refractivity contribution < 1.29 is 33.4 Å². The van der Waals surface area contributed by atoms with Crippen LogP contribution in [0.2, 0.25) is 0 Å². The monoisotopic (exact) mass is 935 g/mol. The van der Waals surface area contributed by atoms with Crippen LogP contribution in [0.1, 0.15) is 84.0 Å². The molecule has 360 valence electrons. The molecule has 6 unspecified atom stereocenters. The lowest BCUT2D eigenvalue weighted by Crippen LogP contribution is -2.51. The largest absolute Gasteiger partial charge is 0.472 e. The standard InChI is InChI=1S/C53H61N9O7/c1-30(2)45(59-51(65)67-6)49(63)61-28-39(69-44-17-8-32(5)18-21-54-44)24-42(61)47-55-26-40(57-47)34-11-9-33(10-12-34)35-13-14-37-23-38(16-15-36(37)22-35)41-27-56-48(58-41)43-25-53(19-20-53)29-62(43)50(64)46(31(3)4)60-52(66)68-7/h8-18,21-23,26-27,30-32,39,42-43,45-46H,19-20,24-25,28-29H2,1-7H3,(H,55,57)(H,56,58)(H,59,65)(H,60,66). The van der Waals surface area contributed by atoms with E-state index in [1.165, 1.54) is 14.2 Å². The van der Waals surface area contributed by atoms with Gasteiger partial charge in [-0.15, -0.1) is 0 Å². The van der Waals surface area contributed by atoms with Crippen molar-refractivity contribution in [1.29, 1.82) is 0 Å². The summed E-state index contributed by atoms with van der Waals surface area (Å²) in [5.41, 5.74) is 5.84. The van der Waals surface area contributed by atoms with Crippen molar-refractivity contribution in [3.05, 3.63) is 109 Å². The van der Waals surface area contributed by atoms with E-state index in [-0.39, 0.29) is 53.7 Å². The van der Waals surface area contributed by atoms with Crippen LogP contribution in [0.4, 0.5) is 9.59 Å². The molecular weight excluding hydrogens is 875 g/mol. The lowest BCUT2D eigenvalue weighted by atomic mass is 9.98. The van der Waals surface area contributed by atoms with Gasteiger partial charge in [0.15, 0.2) is 0 Å². The van der Waals surface area contributed by atoms with E-state index in [4.69, 9.17) is 24.2 Å². The minimum Gasteiger partial charge on any atom is -0.472 e. The van der Waals surface area contributed by atoms with E-state index in [1.807, 2.05) is 57.0 Å². The Morgan fingerprint density at radius 2 is 1.26 bits per heavy atom. The number of H-pyrrole nitrogens is 2. The number of benzene rings is 3. The first-order chi connectivity index (χ1) is 33.2. The van der Waals surface area contributed by atoms with Gasteiger partial charge in [0.05, 0.1) is 56.6 Å². The molecule has 3 aliphatic heterocycles. The number of nitrogens with zero attached hydrogens (tertiary/aromatic N) is 5. The second-order valence-corrected chi connectivity index (χ2v) is 19.6. The Labute approximate surface area is 402 Å². The highest BCUT2D eigenvalue weighted by Crippen LogP contribution is 2.58. The molecule has 6 atom stereocenters. The Morgan fingerprint density at radius 3 is 1.87 bits per heavy atom. The number of likely N-dealkylation sites (tertiary alicyclic amines) is 2. The number of allylic oxidation sites excluding steroid dienone is 2.